The van der Waals surface area contributed by atoms with Gasteiger partial charge in [0.2, 0.25) is 0 Å². The van der Waals surface area contributed by atoms with Crippen LogP contribution in [0.3, 0.4) is 0 Å². The quantitative estimate of drug-likeness (QED) is 0.610. The Bertz CT molecular complexity index is 953. The minimum absolute atomic E-state index is 0.128. The van der Waals surface area contributed by atoms with Gasteiger partial charge in [-0.2, -0.15) is 0 Å². The molecule has 0 unspecified atom stereocenters. The van der Waals surface area contributed by atoms with E-state index in [-0.39, 0.29) is 11.5 Å². The predicted molar refractivity (Wildman–Crippen MR) is 106 cm³/mol. The van der Waals surface area contributed by atoms with Gasteiger partial charge in [-0.25, -0.2) is 14.8 Å². The number of aromatic carboxylic acids is 1. The summed E-state index contributed by atoms with van der Waals surface area (Å²) in [6, 6.07) is 5.45. The number of aliphatic hydroxyl groups is 1. The Morgan fingerprint density at radius 3 is 2.86 bits per heavy atom. The largest absolute Gasteiger partial charge is 0.476 e. The van der Waals surface area contributed by atoms with E-state index < -0.39 is 12.3 Å². The number of hydrogen-bond acceptors (Lipinski definition) is 7. The highest BCUT2D eigenvalue weighted by Gasteiger charge is 2.28. The summed E-state index contributed by atoms with van der Waals surface area (Å²) in [6.07, 6.45) is 5.44. The fourth-order valence-corrected chi connectivity index (χ4v) is 3.28. The van der Waals surface area contributed by atoms with Crippen LogP contribution < -0.4 is 10.1 Å². The number of nitrogens with zero attached hydrogens (tertiary/aromatic N) is 2. The van der Waals surface area contributed by atoms with Crippen LogP contribution in [0.15, 0.2) is 30.5 Å². The summed E-state index contributed by atoms with van der Waals surface area (Å²) >= 11 is 0. The van der Waals surface area contributed by atoms with E-state index in [0.29, 0.717) is 36.3 Å². The minimum atomic E-state index is -1.15. The third-order valence-electron chi connectivity index (χ3n) is 4.80. The average molecular weight is 397 g/mol. The summed E-state index contributed by atoms with van der Waals surface area (Å²) in [5, 5.41) is 22.5. The maximum absolute atomic E-state index is 11.7. The number of carboxylic acid groups (broad SMARTS) is 1. The van der Waals surface area contributed by atoms with Crippen LogP contribution in [-0.4, -0.2) is 45.7 Å². The molecule has 29 heavy (non-hydrogen) atoms. The first-order valence-electron chi connectivity index (χ1n) is 9.65. The van der Waals surface area contributed by atoms with Crippen LogP contribution in [0.2, 0.25) is 0 Å². The number of rotatable bonds is 7. The SMILES string of the molecule is C[C@@H](O)Oc1c(Nc2ncc(C3CC3)nc2C(=O)O)cccc1C1=CCCOC1. The molecule has 152 valence electrons. The third kappa shape index (κ3) is 4.38. The summed E-state index contributed by atoms with van der Waals surface area (Å²) < 4.78 is 11.2. The normalized spacial score (nSPS) is 17.4. The van der Waals surface area contributed by atoms with Gasteiger partial charge >= 0.3 is 5.97 Å². The van der Waals surface area contributed by atoms with E-state index >= 15 is 0 Å². The van der Waals surface area contributed by atoms with Crippen molar-refractivity contribution >= 4 is 23.0 Å². The number of ether oxygens (including phenoxy) is 2. The number of carboxylic acids is 1. The lowest BCUT2D eigenvalue weighted by Gasteiger charge is -2.21. The fraction of sp³-hybridized carbons (Fsp3) is 0.381. The molecule has 1 aliphatic heterocycles. The first-order valence-corrected chi connectivity index (χ1v) is 9.65. The Morgan fingerprint density at radius 2 is 2.21 bits per heavy atom. The van der Waals surface area contributed by atoms with Crippen molar-refractivity contribution in [2.24, 2.45) is 0 Å². The molecule has 0 bridgehead atoms. The summed E-state index contributed by atoms with van der Waals surface area (Å²) in [5.74, 6) is -0.322. The molecule has 1 fully saturated rings. The van der Waals surface area contributed by atoms with Gasteiger partial charge in [-0.1, -0.05) is 18.2 Å². The maximum atomic E-state index is 11.7. The van der Waals surface area contributed by atoms with Crippen molar-refractivity contribution in [3.63, 3.8) is 0 Å². The average Bonchev–Trinajstić information content (AvgIpc) is 3.55. The number of anilines is 2. The number of benzene rings is 1. The molecule has 0 amide bonds. The van der Waals surface area contributed by atoms with Crippen LogP contribution in [0.25, 0.3) is 5.57 Å². The minimum Gasteiger partial charge on any atom is -0.476 e. The van der Waals surface area contributed by atoms with Crippen LogP contribution in [0, 0.1) is 0 Å². The summed E-state index contributed by atoms with van der Waals surface area (Å²) in [6.45, 7) is 2.62. The number of nitrogens with one attached hydrogen (secondary N) is 1. The van der Waals surface area contributed by atoms with E-state index in [1.54, 1.807) is 12.3 Å². The second-order valence-corrected chi connectivity index (χ2v) is 7.17. The first-order chi connectivity index (χ1) is 14.0. The highest BCUT2D eigenvalue weighted by molar-refractivity contribution is 5.92. The van der Waals surface area contributed by atoms with E-state index in [2.05, 4.69) is 21.4 Å². The van der Waals surface area contributed by atoms with Crippen LogP contribution in [0.5, 0.6) is 5.75 Å². The van der Waals surface area contributed by atoms with E-state index in [1.165, 1.54) is 6.92 Å². The number of aliphatic hydroxyl groups excluding tert-OH is 1. The van der Waals surface area contributed by atoms with Gasteiger partial charge < -0.3 is 25.0 Å². The van der Waals surface area contributed by atoms with Gasteiger partial charge in [-0.05, 0) is 37.8 Å². The number of aromatic nitrogens is 2. The smallest absolute Gasteiger partial charge is 0.358 e. The molecule has 3 N–H and O–H groups in total. The van der Waals surface area contributed by atoms with E-state index in [1.807, 2.05) is 12.1 Å². The number of hydrogen-bond donors (Lipinski definition) is 3. The lowest BCUT2D eigenvalue weighted by Crippen LogP contribution is -2.15. The van der Waals surface area contributed by atoms with Crippen LogP contribution in [0.1, 0.15) is 53.8 Å². The molecular weight excluding hydrogens is 374 g/mol. The first kappa shape index (κ1) is 19.4. The molecule has 4 rings (SSSR count). The van der Waals surface area contributed by atoms with Gasteiger partial charge in [-0.15, -0.1) is 0 Å². The number of para-hydroxylation sites is 1. The van der Waals surface area contributed by atoms with Crippen molar-refractivity contribution < 1.29 is 24.5 Å². The van der Waals surface area contributed by atoms with Gasteiger partial charge in [0.15, 0.2) is 23.6 Å². The van der Waals surface area contributed by atoms with Gasteiger partial charge in [0.25, 0.3) is 0 Å². The lowest BCUT2D eigenvalue weighted by molar-refractivity contribution is -0.0000610. The second-order valence-electron chi connectivity index (χ2n) is 7.17. The molecule has 8 nitrogen and oxygen atoms in total. The molecule has 1 atom stereocenters. The summed E-state index contributed by atoms with van der Waals surface area (Å²) in [7, 11) is 0. The van der Waals surface area contributed by atoms with Crippen LogP contribution in [0.4, 0.5) is 11.5 Å². The monoisotopic (exact) mass is 397 g/mol. The van der Waals surface area contributed by atoms with E-state index in [0.717, 1.165) is 30.4 Å². The van der Waals surface area contributed by atoms with Crippen LogP contribution in [-0.2, 0) is 4.74 Å². The Kier molecular flexibility index (Phi) is 5.46. The third-order valence-corrected chi connectivity index (χ3v) is 4.80. The Morgan fingerprint density at radius 1 is 1.38 bits per heavy atom. The molecule has 1 aromatic heterocycles. The molecule has 1 aliphatic carbocycles. The molecule has 1 saturated carbocycles. The van der Waals surface area contributed by atoms with Crippen molar-refractivity contribution in [3.8, 4) is 5.75 Å². The van der Waals surface area contributed by atoms with E-state index in [4.69, 9.17) is 9.47 Å². The highest BCUT2D eigenvalue weighted by Crippen LogP contribution is 2.40. The molecule has 2 aliphatic rings. The van der Waals surface area contributed by atoms with Crippen molar-refractivity contribution in [1.82, 2.24) is 9.97 Å². The van der Waals surface area contributed by atoms with Crippen molar-refractivity contribution in [2.75, 3.05) is 18.5 Å². The summed E-state index contributed by atoms with van der Waals surface area (Å²) in [4.78, 5) is 20.3. The van der Waals surface area contributed by atoms with Gasteiger partial charge in [0.1, 0.15) is 0 Å². The predicted octanol–water partition coefficient (Wildman–Crippen LogP) is 3.32. The zero-order valence-corrected chi connectivity index (χ0v) is 16.1. The Labute approximate surface area is 168 Å². The molecule has 0 spiro atoms. The summed E-state index contributed by atoms with van der Waals surface area (Å²) in [5.41, 5.74) is 2.78. The molecular formula is C21H23N3O5. The molecule has 0 saturated heterocycles. The molecule has 1 aromatic carbocycles. The van der Waals surface area contributed by atoms with Crippen molar-refractivity contribution in [3.05, 3.63) is 47.4 Å². The topological polar surface area (TPSA) is 114 Å². The molecule has 8 heteroatoms. The highest BCUT2D eigenvalue weighted by atomic mass is 16.6. The zero-order chi connectivity index (χ0) is 20.4. The standard InChI is InChI=1S/C21H23N3O5/c1-12(25)29-19-15(14-4-3-9-28-11-14)5-2-6-16(19)24-20-18(21(26)27)23-17(10-22-20)13-7-8-13/h2,4-6,10,12-13,25H,3,7-9,11H2,1H3,(H,22,24)(H,26,27)/t12-/m0/s1. The molecule has 2 heterocycles. The van der Waals surface area contributed by atoms with Crippen molar-refractivity contribution in [1.29, 1.82) is 0 Å². The zero-order valence-electron chi connectivity index (χ0n) is 16.1. The van der Waals surface area contributed by atoms with Gasteiger partial charge in [-0.3, -0.25) is 0 Å². The fourth-order valence-electron chi connectivity index (χ4n) is 3.28. The molecule has 0 radical (unpaired) electrons. The van der Waals surface area contributed by atoms with Gasteiger partial charge in [0.05, 0.1) is 30.8 Å². The van der Waals surface area contributed by atoms with E-state index in [9.17, 15) is 15.0 Å². The lowest BCUT2D eigenvalue weighted by atomic mass is 10.0. The van der Waals surface area contributed by atoms with Crippen molar-refractivity contribution in [2.45, 2.75) is 38.4 Å². The van der Waals surface area contributed by atoms with Gasteiger partial charge in [0, 0.05) is 11.5 Å². The second kappa shape index (κ2) is 8.18. The number of carbonyl (C=O) groups is 1. The Hall–Kier alpha value is -2.97. The molecule has 2 aromatic rings. The maximum Gasteiger partial charge on any atom is 0.358 e. The Balaban J connectivity index is 1.73. The van der Waals surface area contributed by atoms with Crippen LogP contribution >= 0.6 is 0 Å².